The van der Waals surface area contributed by atoms with Crippen LogP contribution in [-0.4, -0.2) is 72.8 Å². The van der Waals surface area contributed by atoms with E-state index in [1.807, 2.05) is 25.2 Å². The number of guanidine groups is 1. The average Bonchev–Trinajstić information content (AvgIpc) is 3.09. The van der Waals surface area contributed by atoms with Crippen LogP contribution < -0.4 is 19.7 Å². The number of hydrogen-bond donors (Lipinski definition) is 1. The van der Waals surface area contributed by atoms with Gasteiger partial charge >= 0.3 is 0 Å². The molecule has 1 aromatic carbocycles. The molecule has 2 aromatic rings. The van der Waals surface area contributed by atoms with Gasteiger partial charge in [-0.15, -0.1) is 24.0 Å². The molecule has 0 bridgehead atoms. The van der Waals surface area contributed by atoms with E-state index in [4.69, 9.17) is 9.47 Å². The lowest BCUT2D eigenvalue weighted by atomic mass is 10.0. The molecule has 3 heterocycles. The minimum Gasteiger partial charge on any atom is -0.488 e. The zero-order chi connectivity index (χ0) is 21.0. The molecular formula is C22H31IN6O2. The van der Waals surface area contributed by atoms with Gasteiger partial charge in [0.15, 0.2) is 17.5 Å². The Kier molecular flexibility index (Phi) is 7.79. The van der Waals surface area contributed by atoms with E-state index in [0.29, 0.717) is 13.2 Å². The maximum absolute atomic E-state index is 6.07. The molecule has 1 N–H and O–H groups in total. The summed E-state index contributed by atoms with van der Waals surface area (Å²) in [5.41, 5.74) is 1.04. The molecule has 168 valence electrons. The standard InChI is InChI=1S/C22H30N6O2.HI/c1-22(2)16-17-6-4-7-18(19(17)30-22)29-15-10-26-20(23-3)27-11-13-28(14-12-27)21-24-8-5-9-25-21;/h4-9H,10-16H2,1-3H3,(H,23,26);1H. The third-order valence-corrected chi connectivity index (χ3v) is 5.32. The van der Waals surface area contributed by atoms with Crippen molar-refractivity contribution in [2.24, 2.45) is 4.99 Å². The van der Waals surface area contributed by atoms with Crippen LogP contribution in [0.5, 0.6) is 11.5 Å². The van der Waals surface area contributed by atoms with Gasteiger partial charge in [-0.1, -0.05) is 12.1 Å². The summed E-state index contributed by atoms with van der Waals surface area (Å²) in [7, 11) is 1.82. The van der Waals surface area contributed by atoms with Crippen LogP contribution in [0.1, 0.15) is 19.4 Å². The Bertz CT molecular complexity index is 885. The van der Waals surface area contributed by atoms with Gasteiger partial charge in [0.1, 0.15) is 12.2 Å². The Morgan fingerprint density at radius 2 is 1.90 bits per heavy atom. The van der Waals surface area contributed by atoms with Crippen LogP contribution in [0.3, 0.4) is 0 Å². The van der Waals surface area contributed by atoms with E-state index >= 15 is 0 Å². The monoisotopic (exact) mass is 538 g/mol. The van der Waals surface area contributed by atoms with Gasteiger partial charge in [-0.2, -0.15) is 0 Å². The van der Waals surface area contributed by atoms with Crippen LogP contribution >= 0.6 is 24.0 Å². The van der Waals surface area contributed by atoms with Crippen molar-refractivity contribution in [2.45, 2.75) is 25.9 Å². The highest BCUT2D eigenvalue weighted by atomic mass is 127. The number of aliphatic imine (C=N–C) groups is 1. The van der Waals surface area contributed by atoms with Crippen molar-refractivity contribution in [2.75, 3.05) is 51.3 Å². The molecule has 31 heavy (non-hydrogen) atoms. The second kappa shape index (κ2) is 10.3. The Morgan fingerprint density at radius 3 is 2.61 bits per heavy atom. The van der Waals surface area contributed by atoms with Gasteiger partial charge < -0.3 is 24.6 Å². The molecule has 0 radical (unpaired) electrons. The number of hydrogen-bond acceptors (Lipinski definition) is 6. The molecule has 0 amide bonds. The zero-order valence-electron chi connectivity index (χ0n) is 18.4. The van der Waals surface area contributed by atoms with Crippen LogP contribution in [0.15, 0.2) is 41.7 Å². The Labute approximate surface area is 201 Å². The highest BCUT2D eigenvalue weighted by molar-refractivity contribution is 14.0. The van der Waals surface area contributed by atoms with E-state index < -0.39 is 0 Å². The highest BCUT2D eigenvalue weighted by Crippen LogP contribution is 2.41. The molecule has 4 rings (SSSR count). The van der Waals surface area contributed by atoms with Gasteiger partial charge in [-0.05, 0) is 26.0 Å². The second-order valence-electron chi connectivity index (χ2n) is 8.13. The number of halogens is 1. The first-order valence-corrected chi connectivity index (χ1v) is 10.5. The third kappa shape index (κ3) is 5.69. The number of aromatic nitrogens is 2. The summed E-state index contributed by atoms with van der Waals surface area (Å²) in [6.45, 7) is 8.88. The molecule has 0 spiro atoms. The van der Waals surface area contributed by atoms with Crippen molar-refractivity contribution < 1.29 is 9.47 Å². The second-order valence-corrected chi connectivity index (χ2v) is 8.13. The molecule has 1 aromatic heterocycles. The van der Waals surface area contributed by atoms with Crippen LogP contribution in [-0.2, 0) is 6.42 Å². The van der Waals surface area contributed by atoms with Crippen molar-refractivity contribution in [3.63, 3.8) is 0 Å². The highest BCUT2D eigenvalue weighted by Gasteiger charge is 2.32. The molecular weight excluding hydrogens is 507 g/mol. The van der Waals surface area contributed by atoms with Crippen molar-refractivity contribution in [3.8, 4) is 11.5 Å². The predicted molar refractivity (Wildman–Crippen MR) is 133 cm³/mol. The Hall–Kier alpha value is -2.30. The number of ether oxygens (including phenoxy) is 2. The summed E-state index contributed by atoms with van der Waals surface area (Å²) < 4.78 is 12.1. The maximum atomic E-state index is 6.07. The topological polar surface area (TPSA) is 75.1 Å². The van der Waals surface area contributed by atoms with Gasteiger partial charge in [0.25, 0.3) is 0 Å². The third-order valence-electron chi connectivity index (χ3n) is 5.32. The SMILES string of the molecule is CN=C(NCCOc1cccc2c1OC(C)(C)C2)N1CCN(c2ncccn2)CC1.I. The van der Waals surface area contributed by atoms with Gasteiger partial charge in [0.2, 0.25) is 5.95 Å². The minimum absolute atomic E-state index is 0. The smallest absolute Gasteiger partial charge is 0.225 e. The Morgan fingerprint density at radius 1 is 1.16 bits per heavy atom. The summed E-state index contributed by atoms with van der Waals surface area (Å²) >= 11 is 0. The molecule has 0 aliphatic carbocycles. The Balaban J connectivity index is 0.00000272. The van der Waals surface area contributed by atoms with E-state index in [1.54, 1.807) is 12.4 Å². The van der Waals surface area contributed by atoms with Crippen LogP contribution in [0, 0.1) is 0 Å². The van der Waals surface area contributed by atoms with Crippen LogP contribution in [0.2, 0.25) is 0 Å². The largest absolute Gasteiger partial charge is 0.488 e. The first-order valence-electron chi connectivity index (χ1n) is 10.5. The first kappa shape index (κ1) is 23.4. The number of nitrogens with one attached hydrogen (secondary N) is 1. The number of piperazine rings is 1. The van der Waals surface area contributed by atoms with Crippen LogP contribution in [0.4, 0.5) is 5.95 Å². The zero-order valence-corrected chi connectivity index (χ0v) is 20.7. The van der Waals surface area contributed by atoms with E-state index in [9.17, 15) is 0 Å². The molecule has 2 aliphatic rings. The van der Waals surface area contributed by atoms with Crippen molar-refractivity contribution in [1.82, 2.24) is 20.2 Å². The summed E-state index contributed by atoms with van der Waals surface area (Å²) in [6, 6.07) is 7.95. The lowest BCUT2D eigenvalue weighted by Gasteiger charge is -2.36. The number of para-hydroxylation sites is 1. The van der Waals surface area contributed by atoms with Crippen molar-refractivity contribution in [3.05, 3.63) is 42.2 Å². The lowest BCUT2D eigenvalue weighted by molar-refractivity contribution is 0.132. The van der Waals surface area contributed by atoms with E-state index in [2.05, 4.69) is 50.0 Å². The molecule has 9 heteroatoms. The molecule has 1 saturated heterocycles. The van der Waals surface area contributed by atoms with Gasteiger partial charge in [-0.3, -0.25) is 4.99 Å². The normalized spacial score (nSPS) is 17.5. The lowest BCUT2D eigenvalue weighted by Crippen LogP contribution is -2.53. The molecule has 0 saturated carbocycles. The van der Waals surface area contributed by atoms with Crippen molar-refractivity contribution in [1.29, 1.82) is 0 Å². The molecule has 0 atom stereocenters. The number of nitrogens with zero attached hydrogens (tertiary/aromatic N) is 5. The summed E-state index contributed by atoms with van der Waals surface area (Å²) in [5, 5.41) is 3.41. The summed E-state index contributed by atoms with van der Waals surface area (Å²) in [5.74, 6) is 3.37. The predicted octanol–water partition coefficient (Wildman–Crippen LogP) is 2.58. The fraction of sp³-hybridized carbons (Fsp3) is 0.500. The molecule has 8 nitrogen and oxygen atoms in total. The number of rotatable bonds is 5. The number of fused-ring (bicyclic) bond motifs is 1. The van der Waals surface area contributed by atoms with Gasteiger partial charge in [-0.25, -0.2) is 9.97 Å². The average molecular weight is 538 g/mol. The fourth-order valence-corrected chi connectivity index (χ4v) is 3.93. The minimum atomic E-state index is -0.172. The molecule has 1 fully saturated rings. The van der Waals surface area contributed by atoms with E-state index in [-0.39, 0.29) is 29.6 Å². The number of benzene rings is 1. The fourth-order valence-electron chi connectivity index (χ4n) is 3.93. The van der Waals surface area contributed by atoms with Gasteiger partial charge in [0, 0.05) is 57.6 Å². The van der Waals surface area contributed by atoms with E-state index in [0.717, 1.165) is 56.0 Å². The molecule has 2 aliphatic heterocycles. The quantitative estimate of drug-likeness (QED) is 0.272. The maximum Gasteiger partial charge on any atom is 0.225 e. The van der Waals surface area contributed by atoms with Crippen LogP contribution in [0.25, 0.3) is 0 Å². The first-order chi connectivity index (χ1) is 14.6. The summed E-state index contributed by atoms with van der Waals surface area (Å²) in [6.07, 6.45) is 4.47. The van der Waals surface area contributed by atoms with Crippen molar-refractivity contribution >= 4 is 35.9 Å². The van der Waals surface area contributed by atoms with E-state index in [1.165, 1.54) is 5.56 Å². The summed E-state index contributed by atoms with van der Waals surface area (Å²) in [4.78, 5) is 17.6. The molecule has 0 unspecified atom stereocenters. The number of anilines is 1. The van der Waals surface area contributed by atoms with Gasteiger partial charge in [0.05, 0.1) is 6.54 Å².